The largest absolute Gasteiger partial charge is 0.472 e. The molecule has 126 valence electrons. The first-order chi connectivity index (χ1) is 11.5. The number of halogens is 1. The Morgan fingerprint density at radius 1 is 1.04 bits per heavy atom. The van der Waals surface area contributed by atoms with Crippen LogP contribution in [0.4, 0.5) is 0 Å². The third-order valence-electron chi connectivity index (χ3n) is 3.51. The van der Waals surface area contributed by atoms with Gasteiger partial charge in [-0.15, -0.1) is 11.3 Å². The van der Waals surface area contributed by atoms with E-state index in [9.17, 15) is 8.42 Å². The van der Waals surface area contributed by atoms with Gasteiger partial charge in [-0.1, -0.05) is 29.8 Å². The summed E-state index contributed by atoms with van der Waals surface area (Å²) in [5.74, 6) is -0.0621. The molecule has 3 rings (SSSR count). The number of nitrogens with zero attached hydrogens (tertiary/aromatic N) is 1. The molecule has 2 heterocycles. The van der Waals surface area contributed by atoms with Crippen LogP contribution in [-0.4, -0.2) is 12.7 Å². The van der Waals surface area contributed by atoms with Crippen LogP contribution >= 0.6 is 22.9 Å². The van der Waals surface area contributed by atoms with Gasteiger partial charge in [-0.3, -0.25) is 0 Å². The third kappa shape index (κ3) is 4.48. The van der Waals surface area contributed by atoms with E-state index >= 15 is 0 Å². The Balaban J connectivity index is 1.83. The maximum atomic E-state index is 12.9. The van der Waals surface area contributed by atoms with Crippen LogP contribution in [0.5, 0.6) is 0 Å². The number of rotatable bonds is 7. The summed E-state index contributed by atoms with van der Waals surface area (Å²) in [5.41, 5.74) is 1.54. The molecule has 3 aromatic rings. The Morgan fingerprint density at radius 3 is 2.46 bits per heavy atom. The van der Waals surface area contributed by atoms with Crippen molar-refractivity contribution in [3.05, 3.63) is 81.4 Å². The van der Waals surface area contributed by atoms with Crippen molar-refractivity contribution < 1.29 is 12.8 Å². The summed E-state index contributed by atoms with van der Waals surface area (Å²) in [6, 6.07) is 12.5. The van der Waals surface area contributed by atoms with E-state index in [1.54, 1.807) is 54.2 Å². The molecule has 0 atom stereocenters. The highest BCUT2D eigenvalue weighted by Crippen LogP contribution is 2.21. The number of hydrogen-bond acceptors (Lipinski definition) is 4. The van der Waals surface area contributed by atoms with Gasteiger partial charge in [0.1, 0.15) is 0 Å². The number of furan rings is 1. The average Bonchev–Trinajstić information content (AvgIpc) is 3.22. The normalized spacial score (nSPS) is 11.9. The molecule has 24 heavy (non-hydrogen) atoms. The second-order valence-electron chi connectivity index (χ2n) is 5.36. The molecule has 0 N–H and O–H groups in total. The molecule has 2 aromatic heterocycles. The van der Waals surface area contributed by atoms with Crippen LogP contribution in [-0.2, 0) is 28.9 Å². The van der Waals surface area contributed by atoms with Crippen molar-refractivity contribution in [1.82, 2.24) is 4.31 Å². The van der Waals surface area contributed by atoms with E-state index in [2.05, 4.69) is 0 Å². The van der Waals surface area contributed by atoms with E-state index in [0.29, 0.717) is 17.1 Å². The van der Waals surface area contributed by atoms with Gasteiger partial charge in [-0.25, -0.2) is 8.42 Å². The van der Waals surface area contributed by atoms with E-state index in [1.807, 2.05) is 17.5 Å². The number of sulfonamides is 1. The molecule has 0 radical (unpaired) electrons. The van der Waals surface area contributed by atoms with E-state index in [4.69, 9.17) is 16.0 Å². The highest BCUT2D eigenvalue weighted by molar-refractivity contribution is 7.88. The Bertz CT molecular complexity index is 821. The van der Waals surface area contributed by atoms with Crippen LogP contribution in [0.15, 0.2) is 64.8 Å². The van der Waals surface area contributed by atoms with Gasteiger partial charge in [0.25, 0.3) is 0 Å². The molecule has 7 heteroatoms. The average molecular weight is 382 g/mol. The molecule has 0 spiro atoms. The number of thiophene rings is 1. The van der Waals surface area contributed by atoms with Gasteiger partial charge in [0.15, 0.2) is 0 Å². The predicted molar refractivity (Wildman–Crippen MR) is 96.3 cm³/mol. The van der Waals surface area contributed by atoms with Crippen molar-refractivity contribution in [3.8, 4) is 0 Å². The van der Waals surface area contributed by atoms with E-state index < -0.39 is 10.0 Å². The van der Waals surface area contributed by atoms with Gasteiger partial charge in [-0.2, -0.15) is 4.31 Å². The SMILES string of the molecule is O=S(=O)(Cc1ccc(Cl)cc1)N(Cc1ccoc1)Cc1cccs1. The standard InChI is InChI=1S/C17H16ClNO3S2/c18-16-5-3-14(4-6-16)13-24(20,21)19(10-15-7-8-22-12-15)11-17-2-1-9-23-17/h1-9,12H,10-11,13H2. The van der Waals surface area contributed by atoms with Crippen LogP contribution < -0.4 is 0 Å². The third-order valence-corrected chi connectivity index (χ3v) is 6.36. The van der Waals surface area contributed by atoms with Gasteiger partial charge in [-0.05, 0) is 35.2 Å². The molecule has 0 aliphatic heterocycles. The Morgan fingerprint density at radius 2 is 1.83 bits per heavy atom. The highest BCUT2D eigenvalue weighted by Gasteiger charge is 2.24. The molecular weight excluding hydrogens is 366 g/mol. The topological polar surface area (TPSA) is 50.5 Å². The second-order valence-corrected chi connectivity index (χ2v) is 8.80. The fraction of sp³-hybridized carbons (Fsp3) is 0.176. The lowest BCUT2D eigenvalue weighted by Crippen LogP contribution is -2.31. The summed E-state index contributed by atoms with van der Waals surface area (Å²) in [4.78, 5) is 0.998. The van der Waals surface area contributed by atoms with E-state index in [0.717, 1.165) is 10.4 Å². The van der Waals surface area contributed by atoms with Crippen LogP contribution in [0.3, 0.4) is 0 Å². The fourth-order valence-electron chi connectivity index (χ4n) is 2.30. The molecule has 0 bridgehead atoms. The molecule has 4 nitrogen and oxygen atoms in total. The summed E-state index contributed by atoms with van der Waals surface area (Å²) in [6.07, 6.45) is 3.11. The van der Waals surface area contributed by atoms with Crippen LogP contribution in [0.25, 0.3) is 0 Å². The van der Waals surface area contributed by atoms with Gasteiger partial charge in [0.2, 0.25) is 10.0 Å². The lowest BCUT2D eigenvalue weighted by atomic mass is 10.2. The predicted octanol–water partition coefficient (Wildman–Crippen LogP) is 4.53. The molecule has 1 aromatic carbocycles. The van der Waals surface area contributed by atoms with Crippen molar-refractivity contribution in [2.24, 2.45) is 0 Å². The van der Waals surface area contributed by atoms with Gasteiger partial charge in [0, 0.05) is 28.6 Å². The van der Waals surface area contributed by atoms with E-state index in [-0.39, 0.29) is 12.3 Å². The molecule has 0 amide bonds. The van der Waals surface area contributed by atoms with Crippen LogP contribution in [0, 0.1) is 0 Å². The monoisotopic (exact) mass is 381 g/mol. The molecule has 0 fully saturated rings. The maximum Gasteiger partial charge on any atom is 0.218 e. The molecule has 0 saturated heterocycles. The molecular formula is C17H16ClNO3S2. The zero-order chi connectivity index (χ0) is 17.0. The first kappa shape index (κ1) is 17.2. The van der Waals surface area contributed by atoms with E-state index in [1.165, 1.54) is 4.31 Å². The number of benzene rings is 1. The zero-order valence-electron chi connectivity index (χ0n) is 12.8. The summed E-state index contributed by atoms with van der Waals surface area (Å²) >= 11 is 7.41. The second kappa shape index (κ2) is 7.53. The van der Waals surface area contributed by atoms with Crippen molar-refractivity contribution in [3.63, 3.8) is 0 Å². The highest BCUT2D eigenvalue weighted by atomic mass is 35.5. The molecule has 0 unspecified atom stereocenters. The van der Waals surface area contributed by atoms with Crippen molar-refractivity contribution >= 4 is 33.0 Å². The number of hydrogen-bond donors (Lipinski definition) is 0. The maximum absolute atomic E-state index is 12.9. The smallest absolute Gasteiger partial charge is 0.218 e. The Hall–Kier alpha value is -1.60. The lowest BCUT2D eigenvalue weighted by molar-refractivity contribution is 0.401. The van der Waals surface area contributed by atoms with Crippen molar-refractivity contribution in [2.45, 2.75) is 18.8 Å². The Labute approximate surface area is 150 Å². The minimum atomic E-state index is -3.49. The first-order valence-corrected chi connectivity index (χ1v) is 10.2. The van der Waals surface area contributed by atoms with Crippen molar-refractivity contribution in [2.75, 3.05) is 0 Å². The van der Waals surface area contributed by atoms with Crippen LogP contribution in [0.1, 0.15) is 16.0 Å². The first-order valence-electron chi connectivity index (χ1n) is 7.29. The minimum Gasteiger partial charge on any atom is -0.472 e. The summed E-state index contributed by atoms with van der Waals surface area (Å²) in [6.45, 7) is 0.628. The summed E-state index contributed by atoms with van der Waals surface area (Å²) in [5, 5.41) is 2.53. The fourth-order valence-corrected chi connectivity index (χ4v) is 4.70. The molecule has 0 saturated carbocycles. The Kier molecular flexibility index (Phi) is 5.40. The zero-order valence-corrected chi connectivity index (χ0v) is 15.2. The quantitative estimate of drug-likeness (QED) is 0.604. The summed E-state index contributed by atoms with van der Waals surface area (Å²) in [7, 11) is -3.49. The van der Waals surface area contributed by atoms with Gasteiger partial charge >= 0.3 is 0 Å². The minimum absolute atomic E-state index is 0.0621. The summed E-state index contributed by atoms with van der Waals surface area (Å²) < 4.78 is 32.4. The lowest BCUT2D eigenvalue weighted by Gasteiger charge is -2.21. The molecule has 0 aliphatic carbocycles. The molecule has 0 aliphatic rings. The van der Waals surface area contributed by atoms with Gasteiger partial charge in [0.05, 0.1) is 18.3 Å². The van der Waals surface area contributed by atoms with Crippen molar-refractivity contribution in [1.29, 1.82) is 0 Å². The van der Waals surface area contributed by atoms with Gasteiger partial charge < -0.3 is 4.42 Å². The van der Waals surface area contributed by atoms with Crippen LogP contribution in [0.2, 0.25) is 5.02 Å².